The minimum absolute atomic E-state index is 0. The van der Waals surface area contributed by atoms with E-state index in [1.54, 1.807) is 0 Å². The third-order valence-electron chi connectivity index (χ3n) is 11.6. The number of hydrogen-bond donors (Lipinski definition) is 0. The summed E-state index contributed by atoms with van der Waals surface area (Å²) in [5.41, 5.74) is 19.3. The van der Waals surface area contributed by atoms with Crippen LogP contribution in [0.2, 0.25) is 0 Å². The van der Waals surface area contributed by atoms with E-state index in [1.807, 2.05) is 36.7 Å². The molecular weight excluding hydrogens is 784 g/mol. The maximum atomic E-state index is 6.55. The summed E-state index contributed by atoms with van der Waals surface area (Å²) in [4.78, 5) is 9.42. The summed E-state index contributed by atoms with van der Waals surface area (Å²) < 4.78 is 8.97. The maximum absolute atomic E-state index is 6.55. The first-order chi connectivity index (χ1) is 28.3. The van der Waals surface area contributed by atoms with Crippen LogP contribution in [0.5, 0.6) is 5.75 Å². The molecule has 4 nitrogen and oxygen atoms in total. The van der Waals surface area contributed by atoms with Crippen molar-refractivity contribution in [2.75, 3.05) is 0 Å². The summed E-state index contributed by atoms with van der Waals surface area (Å²) in [5.74, 6) is 1.45. The van der Waals surface area contributed by atoms with Gasteiger partial charge < -0.3 is 9.30 Å². The second-order valence-electron chi connectivity index (χ2n) is 14.9. The van der Waals surface area contributed by atoms with Crippen LogP contribution < -0.4 is 4.74 Å². The van der Waals surface area contributed by atoms with E-state index >= 15 is 0 Å². The Kier molecular flexibility index (Phi) is 9.55. The van der Waals surface area contributed by atoms with Crippen molar-refractivity contribution in [2.24, 2.45) is 0 Å². The number of hydrogen-bond acceptors (Lipinski definition) is 3. The zero-order chi connectivity index (χ0) is 37.7. The SMILES string of the molecule is C1=Cc2c(n(C3=CC4c5cc(C6C=CC=CC6)ccc5OC4C=C3)c3ccc(-c4ccccc4-c4ccccn4)cc23)C=CC=1c1ccccc1-c1ccccn1.[Y]. The van der Waals surface area contributed by atoms with E-state index in [0.29, 0.717) is 5.92 Å². The van der Waals surface area contributed by atoms with E-state index in [4.69, 9.17) is 14.7 Å². The number of allylic oxidation sites excluding steroid dienone is 8. The van der Waals surface area contributed by atoms with Gasteiger partial charge in [0.25, 0.3) is 0 Å². The molecule has 1 radical (unpaired) electrons. The van der Waals surface area contributed by atoms with Crippen LogP contribution in [-0.4, -0.2) is 20.6 Å². The van der Waals surface area contributed by atoms with Gasteiger partial charge in [-0.3, -0.25) is 9.97 Å². The van der Waals surface area contributed by atoms with E-state index in [-0.39, 0.29) is 44.7 Å². The van der Waals surface area contributed by atoms with E-state index < -0.39 is 0 Å². The number of ether oxygens (including phenoxy) is 1. The van der Waals surface area contributed by atoms with Gasteiger partial charge in [-0.25, -0.2) is 0 Å². The summed E-state index contributed by atoms with van der Waals surface area (Å²) in [6.07, 6.45) is 27.1. The average molecular weight is 821 g/mol. The molecule has 3 atom stereocenters. The molecule has 273 valence electrons. The predicted molar refractivity (Wildman–Crippen MR) is 233 cm³/mol. The Morgan fingerprint density at radius 1 is 0.672 bits per heavy atom. The standard InChI is InChI=1S/C53H37N3O.Y/c1-2-12-35(13-3-1)37-23-28-52-46(32-37)47-34-39(24-29-53(47)57-52)56-50-26-21-36(40-14-4-6-16-42(40)48-18-8-10-30-54-48)20-25-44(50)45-33-38(22-27-51(45)56)41-15-5-7-17-43(41)49-19-9-11-31-55-49;/h1-12,14-19,21-35,47,53H,13H2;. The molecule has 0 bridgehead atoms. The first-order valence-electron chi connectivity index (χ1n) is 19.7. The first kappa shape index (κ1) is 36.2. The van der Waals surface area contributed by atoms with Crippen LogP contribution in [-0.2, 0) is 32.7 Å². The van der Waals surface area contributed by atoms with Crippen molar-refractivity contribution >= 4 is 34.3 Å². The van der Waals surface area contributed by atoms with Gasteiger partial charge in [-0.15, -0.1) is 5.73 Å². The second kappa shape index (κ2) is 15.3. The largest absolute Gasteiger partial charge is 0.485 e. The van der Waals surface area contributed by atoms with Crippen LogP contribution in [0.15, 0.2) is 188 Å². The van der Waals surface area contributed by atoms with Gasteiger partial charge in [0.05, 0.1) is 22.6 Å². The third-order valence-corrected chi connectivity index (χ3v) is 11.6. The van der Waals surface area contributed by atoms with E-state index in [2.05, 4.69) is 168 Å². The summed E-state index contributed by atoms with van der Waals surface area (Å²) in [6.45, 7) is 0. The zero-order valence-electron chi connectivity index (χ0n) is 31.7. The van der Waals surface area contributed by atoms with Crippen molar-refractivity contribution < 1.29 is 37.4 Å². The minimum atomic E-state index is -0.0391. The van der Waals surface area contributed by atoms with E-state index in [9.17, 15) is 0 Å². The number of rotatable bonds is 6. The Morgan fingerprint density at radius 3 is 2.16 bits per heavy atom. The Morgan fingerprint density at radius 2 is 1.41 bits per heavy atom. The van der Waals surface area contributed by atoms with Crippen LogP contribution in [0.25, 0.3) is 68.0 Å². The summed E-state index contributed by atoms with van der Waals surface area (Å²) in [6, 6.07) is 42.8. The molecule has 5 heteroatoms. The van der Waals surface area contributed by atoms with Crippen LogP contribution in [0.4, 0.5) is 0 Å². The fraction of sp³-hybridized carbons (Fsp3) is 0.0755. The van der Waals surface area contributed by atoms with Gasteiger partial charge in [-0.05, 0) is 108 Å². The van der Waals surface area contributed by atoms with Crippen molar-refractivity contribution in [3.63, 3.8) is 0 Å². The zero-order valence-corrected chi connectivity index (χ0v) is 34.6. The van der Waals surface area contributed by atoms with Crippen molar-refractivity contribution in [1.82, 2.24) is 14.5 Å². The van der Waals surface area contributed by atoms with E-state index in [1.165, 1.54) is 11.1 Å². The van der Waals surface area contributed by atoms with Gasteiger partial charge in [-0.2, -0.15) is 0 Å². The smallest absolute Gasteiger partial charge is 0.128 e. The summed E-state index contributed by atoms with van der Waals surface area (Å²) >= 11 is 0. The molecule has 7 aromatic rings. The molecule has 0 fully saturated rings. The number of benzene rings is 4. The fourth-order valence-corrected chi connectivity index (χ4v) is 8.88. The molecule has 4 aliphatic rings. The molecule has 0 saturated heterocycles. The second-order valence-corrected chi connectivity index (χ2v) is 14.9. The number of fused-ring (bicyclic) bond motifs is 6. The normalized spacial score (nSPS) is 18.4. The average Bonchev–Trinajstić information content (AvgIpc) is 3.71. The Bertz CT molecular complexity index is 2960. The van der Waals surface area contributed by atoms with Crippen LogP contribution in [0.1, 0.15) is 46.2 Å². The Labute approximate surface area is 363 Å². The topological polar surface area (TPSA) is 39.9 Å². The molecule has 3 aliphatic carbocycles. The number of aromatic nitrogens is 3. The van der Waals surface area contributed by atoms with Crippen molar-refractivity contribution in [2.45, 2.75) is 24.4 Å². The van der Waals surface area contributed by atoms with Crippen molar-refractivity contribution in [3.05, 3.63) is 216 Å². The number of nitrogens with zero attached hydrogens (tertiary/aromatic N) is 3. The molecule has 3 aromatic heterocycles. The predicted octanol–water partition coefficient (Wildman–Crippen LogP) is 12.7. The van der Waals surface area contributed by atoms with Gasteiger partial charge in [0.1, 0.15) is 11.9 Å². The fourth-order valence-electron chi connectivity index (χ4n) is 8.88. The van der Waals surface area contributed by atoms with Crippen LogP contribution >= 0.6 is 0 Å². The molecule has 4 heterocycles. The monoisotopic (exact) mass is 820 g/mol. The van der Waals surface area contributed by atoms with Crippen LogP contribution in [0, 0.1) is 0 Å². The van der Waals surface area contributed by atoms with Gasteiger partial charge in [0.15, 0.2) is 0 Å². The number of pyridine rings is 2. The molecule has 58 heavy (non-hydrogen) atoms. The van der Waals surface area contributed by atoms with Gasteiger partial charge >= 0.3 is 0 Å². The summed E-state index contributed by atoms with van der Waals surface area (Å²) in [5, 5.41) is 1.16. The quantitative estimate of drug-likeness (QED) is 0.157. The molecule has 0 N–H and O–H groups in total. The molecule has 1 aliphatic heterocycles. The molecule has 0 amide bonds. The molecule has 0 spiro atoms. The summed E-state index contributed by atoms with van der Waals surface area (Å²) in [7, 11) is 0. The van der Waals surface area contributed by atoms with Crippen molar-refractivity contribution in [1.29, 1.82) is 0 Å². The Balaban J connectivity index is 0.00000408. The molecule has 0 saturated carbocycles. The van der Waals surface area contributed by atoms with Gasteiger partial charge in [0.2, 0.25) is 0 Å². The molecule has 11 rings (SSSR count). The van der Waals surface area contributed by atoms with Gasteiger partial charge in [-0.1, -0.05) is 103 Å². The van der Waals surface area contributed by atoms with Gasteiger partial charge in [0, 0.05) is 95.8 Å². The molecular formula is C53H37N3OY. The third kappa shape index (κ3) is 6.35. The Hall–Kier alpha value is -6.16. The van der Waals surface area contributed by atoms with Crippen molar-refractivity contribution in [3.8, 4) is 39.4 Å². The van der Waals surface area contributed by atoms with E-state index in [0.717, 1.165) is 84.8 Å². The first-order valence-corrected chi connectivity index (χ1v) is 19.7. The molecule has 3 unspecified atom stereocenters. The maximum Gasteiger partial charge on any atom is 0.128 e. The molecule has 4 aromatic carbocycles. The minimum Gasteiger partial charge on any atom is -0.485 e. The van der Waals surface area contributed by atoms with Crippen LogP contribution in [0.3, 0.4) is 0 Å².